The van der Waals surface area contributed by atoms with Gasteiger partial charge in [-0.05, 0) is 30.9 Å². The Morgan fingerprint density at radius 1 is 1.65 bits per heavy atom. The Morgan fingerprint density at radius 2 is 2.40 bits per heavy atom. The monoisotopic (exact) mass is 312 g/mol. The van der Waals surface area contributed by atoms with Gasteiger partial charge in [-0.3, -0.25) is 9.59 Å². The molecule has 2 rings (SSSR count). The first-order valence-corrected chi connectivity index (χ1v) is 7.63. The third-order valence-corrected chi connectivity index (χ3v) is 5.00. The van der Waals surface area contributed by atoms with E-state index >= 15 is 0 Å². The number of likely N-dealkylation sites (tertiary alicyclic amines) is 1. The molecule has 2 amide bonds. The zero-order valence-electron chi connectivity index (χ0n) is 11.3. The van der Waals surface area contributed by atoms with Gasteiger partial charge in [-0.25, -0.2) is 0 Å². The topological polar surface area (TPSA) is 49.4 Å². The highest BCUT2D eigenvalue weighted by atomic mass is 35.5. The summed E-state index contributed by atoms with van der Waals surface area (Å²) in [6.07, 6.45) is 1.95. The number of hydrogen-bond acceptors (Lipinski definition) is 3. The Balaban J connectivity index is 1.94. The number of carbonyl (C=O) groups is 2. The van der Waals surface area contributed by atoms with Gasteiger partial charge in [0, 0.05) is 18.0 Å². The fraction of sp³-hybridized carbons (Fsp3) is 0.429. The summed E-state index contributed by atoms with van der Waals surface area (Å²) < 4.78 is 0. The van der Waals surface area contributed by atoms with Crippen LogP contribution in [0.2, 0.25) is 5.02 Å². The number of nitrogens with one attached hydrogen (secondary N) is 1. The molecular formula is C14H17ClN2O2S. The van der Waals surface area contributed by atoms with Gasteiger partial charge in [0.25, 0.3) is 0 Å². The molecule has 1 aliphatic rings. The van der Waals surface area contributed by atoms with Crippen molar-refractivity contribution in [1.29, 1.82) is 0 Å². The summed E-state index contributed by atoms with van der Waals surface area (Å²) in [7, 11) is 0. The zero-order valence-corrected chi connectivity index (χ0v) is 12.9. The molecule has 0 spiro atoms. The number of thiophene rings is 1. The van der Waals surface area contributed by atoms with Gasteiger partial charge < -0.3 is 10.2 Å². The van der Waals surface area contributed by atoms with Crippen molar-refractivity contribution in [3.8, 4) is 0 Å². The number of carbonyl (C=O) groups excluding carboxylic acids is 2. The normalized spacial score (nSPS) is 21.8. The van der Waals surface area contributed by atoms with Gasteiger partial charge in [-0.2, -0.15) is 0 Å². The quantitative estimate of drug-likeness (QED) is 0.868. The molecule has 0 bridgehead atoms. The second-order valence-corrected chi connectivity index (χ2v) is 6.56. The lowest BCUT2D eigenvalue weighted by molar-refractivity contribution is -0.130. The molecule has 0 saturated carbocycles. The minimum Gasteiger partial charge on any atom is -0.351 e. The molecule has 1 atom stereocenters. The van der Waals surface area contributed by atoms with E-state index in [1.807, 2.05) is 18.4 Å². The Bertz CT molecular complexity index is 543. The first-order chi connectivity index (χ1) is 9.46. The smallest absolute Gasteiger partial charge is 0.245 e. The van der Waals surface area contributed by atoms with Crippen molar-refractivity contribution in [3.05, 3.63) is 34.0 Å². The van der Waals surface area contributed by atoms with Crippen LogP contribution in [-0.4, -0.2) is 29.8 Å². The molecule has 1 fully saturated rings. The maximum absolute atomic E-state index is 12.3. The van der Waals surface area contributed by atoms with Crippen LogP contribution in [0.25, 0.3) is 0 Å². The summed E-state index contributed by atoms with van der Waals surface area (Å²) in [6, 6.07) is 1.81. The third kappa shape index (κ3) is 3.04. The standard InChI is InChI=1S/C14H17ClN2O2S/c1-3-12(18)17-6-5-14(2,9-17)13(19)16-8-11-10(15)4-7-20-11/h3-4,7H,1,5-6,8-9H2,2H3,(H,16,19). The van der Waals surface area contributed by atoms with Gasteiger partial charge in [-0.15, -0.1) is 11.3 Å². The second-order valence-electron chi connectivity index (χ2n) is 5.15. The second kappa shape index (κ2) is 5.97. The maximum Gasteiger partial charge on any atom is 0.245 e. The van der Waals surface area contributed by atoms with E-state index in [1.54, 1.807) is 4.90 Å². The maximum atomic E-state index is 12.3. The van der Waals surface area contributed by atoms with Crippen LogP contribution >= 0.6 is 22.9 Å². The van der Waals surface area contributed by atoms with E-state index in [0.29, 0.717) is 31.1 Å². The lowest BCUT2D eigenvalue weighted by Crippen LogP contribution is -2.41. The highest BCUT2D eigenvalue weighted by Crippen LogP contribution is 2.30. The average molecular weight is 313 g/mol. The predicted octanol–water partition coefficient (Wildman–Crippen LogP) is 2.44. The van der Waals surface area contributed by atoms with Crippen LogP contribution < -0.4 is 5.32 Å². The molecule has 4 nitrogen and oxygen atoms in total. The Labute approximate surface area is 127 Å². The van der Waals surface area contributed by atoms with E-state index in [0.717, 1.165) is 4.88 Å². The van der Waals surface area contributed by atoms with Gasteiger partial charge in [0.2, 0.25) is 11.8 Å². The Kier molecular flexibility index (Phi) is 4.50. The summed E-state index contributed by atoms with van der Waals surface area (Å²) >= 11 is 7.51. The highest BCUT2D eigenvalue weighted by molar-refractivity contribution is 7.10. The van der Waals surface area contributed by atoms with Crippen LogP contribution in [0, 0.1) is 5.41 Å². The molecule has 0 radical (unpaired) electrons. The summed E-state index contributed by atoms with van der Waals surface area (Å²) in [5.74, 6) is -0.163. The molecular weight excluding hydrogens is 296 g/mol. The molecule has 6 heteroatoms. The Morgan fingerprint density at radius 3 is 3.00 bits per heavy atom. The van der Waals surface area contributed by atoms with Crippen LogP contribution in [0.1, 0.15) is 18.2 Å². The van der Waals surface area contributed by atoms with Crippen molar-refractivity contribution in [2.45, 2.75) is 19.9 Å². The van der Waals surface area contributed by atoms with Gasteiger partial charge in [-0.1, -0.05) is 18.2 Å². The first-order valence-electron chi connectivity index (χ1n) is 6.38. The fourth-order valence-electron chi connectivity index (χ4n) is 2.29. The van der Waals surface area contributed by atoms with E-state index in [4.69, 9.17) is 11.6 Å². The van der Waals surface area contributed by atoms with Crippen molar-refractivity contribution in [2.24, 2.45) is 5.41 Å². The first kappa shape index (κ1) is 15.1. The number of hydrogen-bond donors (Lipinski definition) is 1. The average Bonchev–Trinajstić information content (AvgIpc) is 3.02. The molecule has 1 aromatic rings. The van der Waals surface area contributed by atoms with Gasteiger partial charge in [0.15, 0.2) is 0 Å². The van der Waals surface area contributed by atoms with Gasteiger partial charge in [0.05, 0.1) is 17.0 Å². The minimum atomic E-state index is -0.539. The summed E-state index contributed by atoms with van der Waals surface area (Å²) in [6.45, 7) is 6.81. The SMILES string of the molecule is C=CC(=O)N1CCC(C)(C(=O)NCc2sccc2Cl)C1. The molecule has 108 valence electrons. The molecule has 1 aliphatic heterocycles. The van der Waals surface area contributed by atoms with Crippen molar-refractivity contribution in [3.63, 3.8) is 0 Å². The summed E-state index contributed by atoms with van der Waals surface area (Å²) in [4.78, 5) is 26.5. The molecule has 0 aromatic carbocycles. The van der Waals surface area contributed by atoms with Gasteiger partial charge >= 0.3 is 0 Å². The minimum absolute atomic E-state index is 0.0404. The molecule has 2 heterocycles. The molecule has 1 N–H and O–H groups in total. The summed E-state index contributed by atoms with van der Waals surface area (Å²) in [5, 5.41) is 5.48. The van der Waals surface area contributed by atoms with Crippen molar-refractivity contribution in [1.82, 2.24) is 10.2 Å². The molecule has 1 saturated heterocycles. The molecule has 1 aromatic heterocycles. The van der Waals surface area contributed by atoms with E-state index in [2.05, 4.69) is 11.9 Å². The molecule has 20 heavy (non-hydrogen) atoms. The summed E-state index contributed by atoms with van der Waals surface area (Å²) in [5.41, 5.74) is -0.539. The predicted molar refractivity (Wildman–Crippen MR) is 80.7 cm³/mol. The van der Waals surface area contributed by atoms with Crippen molar-refractivity contribution in [2.75, 3.05) is 13.1 Å². The van der Waals surface area contributed by atoms with E-state index in [-0.39, 0.29) is 11.8 Å². The van der Waals surface area contributed by atoms with Crippen LogP contribution in [0.15, 0.2) is 24.1 Å². The van der Waals surface area contributed by atoms with E-state index in [9.17, 15) is 9.59 Å². The van der Waals surface area contributed by atoms with E-state index in [1.165, 1.54) is 17.4 Å². The lowest BCUT2D eigenvalue weighted by Gasteiger charge is -2.23. The van der Waals surface area contributed by atoms with Crippen molar-refractivity contribution < 1.29 is 9.59 Å². The zero-order chi connectivity index (χ0) is 14.8. The lowest BCUT2D eigenvalue weighted by atomic mass is 9.89. The molecule has 0 aliphatic carbocycles. The highest BCUT2D eigenvalue weighted by Gasteiger charge is 2.41. The number of amides is 2. The number of halogens is 1. The van der Waals surface area contributed by atoms with Crippen LogP contribution in [0.4, 0.5) is 0 Å². The van der Waals surface area contributed by atoms with Crippen LogP contribution in [0.3, 0.4) is 0 Å². The van der Waals surface area contributed by atoms with Crippen LogP contribution in [-0.2, 0) is 16.1 Å². The number of rotatable bonds is 4. The van der Waals surface area contributed by atoms with Gasteiger partial charge in [0.1, 0.15) is 0 Å². The fourth-order valence-corrected chi connectivity index (χ4v) is 3.33. The van der Waals surface area contributed by atoms with Crippen molar-refractivity contribution >= 4 is 34.8 Å². The van der Waals surface area contributed by atoms with Crippen LogP contribution in [0.5, 0.6) is 0 Å². The Hall–Kier alpha value is -1.33. The molecule has 1 unspecified atom stereocenters. The largest absolute Gasteiger partial charge is 0.351 e. The third-order valence-electron chi connectivity index (χ3n) is 3.61. The number of nitrogens with zero attached hydrogens (tertiary/aromatic N) is 1. The van der Waals surface area contributed by atoms with E-state index < -0.39 is 5.41 Å².